The van der Waals surface area contributed by atoms with Crippen molar-refractivity contribution in [3.63, 3.8) is 0 Å². The van der Waals surface area contributed by atoms with Gasteiger partial charge in [-0.15, -0.1) is 11.8 Å². The lowest BCUT2D eigenvalue weighted by Crippen LogP contribution is -2.30. The third kappa shape index (κ3) is 8.12. The fourth-order valence-corrected chi connectivity index (χ4v) is 4.65. The molecule has 0 saturated carbocycles. The van der Waals surface area contributed by atoms with Crippen LogP contribution in [0.4, 0.5) is 17.1 Å². The number of thioether (sulfide) groups is 1. The summed E-state index contributed by atoms with van der Waals surface area (Å²) in [7, 11) is 0. The van der Waals surface area contributed by atoms with Gasteiger partial charge in [-0.3, -0.25) is 29.5 Å². The normalized spacial score (nSPS) is 11.7. The van der Waals surface area contributed by atoms with Crippen LogP contribution in [0.5, 0.6) is 0 Å². The number of anilines is 2. The molecule has 0 saturated heterocycles. The quantitative estimate of drug-likeness (QED) is 0.0926. The molecule has 0 aliphatic rings. The third-order valence-corrected chi connectivity index (χ3v) is 7.11. The number of aryl methyl sites for hydroxylation is 1. The van der Waals surface area contributed by atoms with Crippen molar-refractivity contribution in [2.75, 3.05) is 10.6 Å². The predicted octanol–water partition coefficient (Wildman–Crippen LogP) is 5.83. The average molecular weight is 582 g/mol. The number of aromatic nitrogens is 1. The van der Waals surface area contributed by atoms with Gasteiger partial charge >= 0.3 is 0 Å². The molecule has 212 valence electrons. The van der Waals surface area contributed by atoms with Gasteiger partial charge in [-0.1, -0.05) is 24.3 Å². The fourth-order valence-electron chi connectivity index (χ4n) is 3.78. The van der Waals surface area contributed by atoms with Crippen LogP contribution in [-0.2, 0) is 9.59 Å². The summed E-state index contributed by atoms with van der Waals surface area (Å²) in [5.74, 6) is -1.20. The number of non-ortho nitro benzene ring substituents is 1. The SMILES string of the molecule is Cc1cc([N+](=O)[O-])ccc1NC(=O)C(C)Sc1ccc(NC(=O)/C(=C/c2cccnc2)NC(=O)c2ccccc2)cc1. The molecule has 3 aromatic carbocycles. The van der Waals surface area contributed by atoms with Crippen LogP contribution in [0.2, 0.25) is 0 Å². The molecule has 0 spiro atoms. The molecule has 10 nitrogen and oxygen atoms in total. The number of amides is 3. The summed E-state index contributed by atoms with van der Waals surface area (Å²) in [6.07, 6.45) is 4.73. The Morgan fingerprint density at radius 3 is 2.33 bits per heavy atom. The van der Waals surface area contributed by atoms with Crippen molar-refractivity contribution in [2.45, 2.75) is 24.0 Å². The average Bonchev–Trinajstić information content (AvgIpc) is 2.99. The Kier molecular flexibility index (Phi) is 9.80. The molecule has 4 aromatic rings. The van der Waals surface area contributed by atoms with Crippen molar-refractivity contribution < 1.29 is 19.3 Å². The number of rotatable bonds is 10. The number of hydrogen-bond donors (Lipinski definition) is 3. The molecular formula is C31H27N5O5S. The summed E-state index contributed by atoms with van der Waals surface area (Å²) in [6.45, 7) is 3.44. The minimum atomic E-state index is -0.519. The predicted molar refractivity (Wildman–Crippen MR) is 163 cm³/mol. The maximum Gasteiger partial charge on any atom is 0.272 e. The molecule has 1 atom stereocenters. The summed E-state index contributed by atoms with van der Waals surface area (Å²) < 4.78 is 0. The van der Waals surface area contributed by atoms with Crippen molar-refractivity contribution in [1.82, 2.24) is 10.3 Å². The van der Waals surface area contributed by atoms with Crippen LogP contribution in [0, 0.1) is 17.0 Å². The molecule has 0 aliphatic heterocycles. The van der Waals surface area contributed by atoms with E-state index in [-0.39, 0.29) is 17.3 Å². The lowest BCUT2D eigenvalue weighted by atomic mass is 10.2. The first-order chi connectivity index (χ1) is 20.2. The highest BCUT2D eigenvalue weighted by Gasteiger charge is 2.18. The summed E-state index contributed by atoms with van der Waals surface area (Å²) in [4.78, 5) is 54.0. The third-order valence-electron chi connectivity index (χ3n) is 6.00. The summed E-state index contributed by atoms with van der Waals surface area (Å²) in [6, 6.07) is 23.3. The van der Waals surface area contributed by atoms with E-state index in [1.54, 1.807) is 99.0 Å². The van der Waals surface area contributed by atoms with Crippen molar-refractivity contribution in [3.05, 3.63) is 130 Å². The smallest absolute Gasteiger partial charge is 0.272 e. The zero-order valence-corrected chi connectivity index (χ0v) is 23.6. The highest BCUT2D eigenvalue weighted by molar-refractivity contribution is 8.00. The van der Waals surface area contributed by atoms with Gasteiger partial charge in [0.15, 0.2) is 0 Å². The maximum absolute atomic E-state index is 13.2. The number of nitro benzene ring substituents is 1. The van der Waals surface area contributed by atoms with E-state index in [1.807, 2.05) is 0 Å². The topological polar surface area (TPSA) is 143 Å². The molecule has 11 heteroatoms. The molecule has 0 aliphatic carbocycles. The second kappa shape index (κ2) is 13.9. The van der Waals surface area contributed by atoms with E-state index in [0.29, 0.717) is 28.1 Å². The lowest BCUT2D eigenvalue weighted by molar-refractivity contribution is -0.384. The van der Waals surface area contributed by atoms with E-state index >= 15 is 0 Å². The van der Waals surface area contributed by atoms with Crippen LogP contribution in [-0.4, -0.2) is 32.9 Å². The van der Waals surface area contributed by atoms with E-state index in [0.717, 1.165) is 4.90 Å². The Bertz CT molecular complexity index is 1630. The van der Waals surface area contributed by atoms with Crippen LogP contribution in [0.1, 0.15) is 28.4 Å². The fraction of sp³-hybridized carbons (Fsp3) is 0.0968. The Balaban J connectivity index is 1.40. The molecule has 0 fully saturated rings. The first-order valence-corrected chi connectivity index (χ1v) is 13.7. The van der Waals surface area contributed by atoms with Gasteiger partial charge in [0, 0.05) is 46.4 Å². The van der Waals surface area contributed by atoms with Gasteiger partial charge in [0.1, 0.15) is 5.70 Å². The van der Waals surface area contributed by atoms with Gasteiger partial charge in [-0.25, -0.2) is 0 Å². The molecule has 42 heavy (non-hydrogen) atoms. The Morgan fingerprint density at radius 1 is 0.952 bits per heavy atom. The monoisotopic (exact) mass is 581 g/mol. The molecule has 3 amide bonds. The van der Waals surface area contributed by atoms with Crippen LogP contribution < -0.4 is 16.0 Å². The van der Waals surface area contributed by atoms with Crippen molar-refractivity contribution in [1.29, 1.82) is 0 Å². The number of carbonyl (C=O) groups excluding carboxylic acids is 3. The van der Waals surface area contributed by atoms with Gasteiger partial charge < -0.3 is 16.0 Å². The van der Waals surface area contributed by atoms with E-state index in [4.69, 9.17) is 0 Å². The molecule has 1 aromatic heterocycles. The summed E-state index contributed by atoms with van der Waals surface area (Å²) >= 11 is 1.32. The molecule has 1 heterocycles. The number of nitrogens with zero attached hydrogens (tertiary/aromatic N) is 2. The molecule has 4 rings (SSSR count). The summed E-state index contributed by atoms with van der Waals surface area (Å²) in [5.41, 5.74) is 2.64. The number of benzene rings is 3. The first-order valence-electron chi connectivity index (χ1n) is 12.8. The zero-order valence-electron chi connectivity index (χ0n) is 22.7. The highest BCUT2D eigenvalue weighted by atomic mass is 32.2. The van der Waals surface area contributed by atoms with Crippen LogP contribution in [0.25, 0.3) is 6.08 Å². The molecule has 1 unspecified atom stereocenters. The van der Waals surface area contributed by atoms with Gasteiger partial charge in [0.25, 0.3) is 17.5 Å². The van der Waals surface area contributed by atoms with E-state index < -0.39 is 22.0 Å². The van der Waals surface area contributed by atoms with Crippen molar-refractivity contribution in [2.24, 2.45) is 0 Å². The van der Waals surface area contributed by atoms with Crippen LogP contribution in [0.3, 0.4) is 0 Å². The molecular weight excluding hydrogens is 554 g/mol. The van der Waals surface area contributed by atoms with Crippen molar-refractivity contribution in [3.8, 4) is 0 Å². The van der Waals surface area contributed by atoms with E-state index in [9.17, 15) is 24.5 Å². The number of nitrogens with one attached hydrogen (secondary N) is 3. The number of pyridine rings is 1. The molecule has 0 bridgehead atoms. The van der Waals surface area contributed by atoms with Crippen molar-refractivity contribution >= 4 is 52.6 Å². The van der Waals surface area contributed by atoms with Gasteiger partial charge in [-0.2, -0.15) is 0 Å². The zero-order chi connectivity index (χ0) is 30.1. The Morgan fingerprint density at radius 2 is 1.69 bits per heavy atom. The van der Waals surface area contributed by atoms with Crippen LogP contribution in [0.15, 0.2) is 108 Å². The summed E-state index contributed by atoms with van der Waals surface area (Å²) in [5, 5.41) is 18.8. The lowest BCUT2D eigenvalue weighted by Gasteiger charge is -2.14. The number of hydrogen-bond acceptors (Lipinski definition) is 7. The first kappa shape index (κ1) is 29.7. The van der Waals surface area contributed by atoms with E-state index in [1.165, 1.54) is 30.0 Å². The highest BCUT2D eigenvalue weighted by Crippen LogP contribution is 2.27. The second-order valence-corrected chi connectivity index (χ2v) is 10.6. The van der Waals surface area contributed by atoms with E-state index in [2.05, 4.69) is 20.9 Å². The number of carbonyl (C=O) groups is 3. The minimum Gasteiger partial charge on any atom is -0.325 e. The van der Waals surface area contributed by atoms with Gasteiger partial charge in [0.2, 0.25) is 5.91 Å². The standard InChI is InChI=1S/C31H27N5O5S/c1-20-17-25(36(40)41)12-15-27(20)34-29(37)21(2)42-26-13-10-24(11-14-26)33-31(39)28(18-22-7-6-16-32-19-22)35-30(38)23-8-4-3-5-9-23/h3-19,21H,1-2H3,(H,33,39)(H,34,37)(H,35,38)/b28-18-. The van der Waals surface area contributed by atoms with Gasteiger partial charge in [0.05, 0.1) is 10.2 Å². The Labute approximate surface area is 246 Å². The number of nitro groups is 1. The maximum atomic E-state index is 13.2. The molecule has 0 radical (unpaired) electrons. The Hall–Kier alpha value is -5.29. The second-order valence-electron chi connectivity index (χ2n) is 9.15. The molecule has 3 N–H and O–H groups in total. The van der Waals surface area contributed by atoms with Gasteiger partial charge in [-0.05, 0) is 79.6 Å². The largest absolute Gasteiger partial charge is 0.325 e. The minimum absolute atomic E-state index is 0.0432. The van der Waals surface area contributed by atoms with Crippen LogP contribution >= 0.6 is 11.8 Å².